The summed E-state index contributed by atoms with van der Waals surface area (Å²) in [4.78, 5) is 21.4. The molecule has 1 aliphatic rings. The van der Waals surface area contributed by atoms with Gasteiger partial charge in [0.2, 0.25) is 0 Å². The van der Waals surface area contributed by atoms with Crippen LogP contribution in [0.1, 0.15) is 5.56 Å². The molecule has 1 aromatic heterocycles. The summed E-state index contributed by atoms with van der Waals surface area (Å²) in [6.07, 6.45) is 0. The fourth-order valence-corrected chi connectivity index (χ4v) is 4.25. The van der Waals surface area contributed by atoms with Crippen LogP contribution in [-0.4, -0.2) is 49.2 Å². The van der Waals surface area contributed by atoms with Gasteiger partial charge in [0.1, 0.15) is 11.3 Å². The Morgan fingerprint density at radius 1 is 1.11 bits per heavy atom. The second-order valence-electron chi connectivity index (χ2n) is 6.52. The second-order valence-corrected chi connectivity index (χ2v) is 7.53. The van der Waals surface area contributed by atoms with Gasteiger partial charge in [-0.15, -0.1) is 0 Å². The van der Waals surface area contributed by atoms with E-state index in [1.165, 1.54) is 0 Å². The third kappa shape index (κ3) is 3.55. The summed E-state index contributed by atoms with van der Waals surface area (Å²) in [5.74, 6) is 0.797. The number of thiazole rings is 1. The minimum absolute atomic E-state index is 0.0464. The van der Waals surface area contributed by atoms with Crippen LogP contribution in [0.4, 0.5) is 15.6 Å². The predicted molar refractivity (Wildman–Crippen MR) is 110 cm³/mol. The van der Waals surface area contributed by atoms with Crippen molar-refractivity contribution in [1.82, 2.24) is 9.88 Å². The molecule has 1 N–H and O–H groups in total. The summed E-state index contributed by atoms with van der Waals surface area (Å²) in [6, 6.07) is 13.8. The van der Waals surface area contributed by atoms with E-state index in [-0.39, 0.29) is 6.03 Å². The van der Waals surface area contributed by atoms with Gasteiger partial charge in [-0.25, -0.2) is 9.78 Å². The number of carbonyl (C=O) groups is 1. The molecule has 0 unspecified atom stereocenters. The van der Waals surface area contributed by atoms with E-state index in [2.05, 4.69) is 16.3 Å². The number of para-hydroxylation sites is 2. The number of benzene rings is 2. The van der Waals surface area contributed by atoms with E-state index in [0.29, 0.717) is 13.1 Å². The molecule has 6 nitrogen and oxygen atoms in total. The summed E-state index contributed by atoms with van der Waals surface area (Å²) in [7, 11) is 1.67. The van der Waals surface area contributed by atoms with Crippen molar-refractivity contribution in [3.63, 3.8) is 0 Å². The number of anilines is 2. The Hall–Kier alpha value is -2.80. The van der Waals surface area contributed by atoms with Crippen molar-refractivity contribution in [3.05, 3.63) is 48.0 Å². The van der Waals surface area contributed by atoms with Crippen molar-refractivity contribution in [2.24, 2.45) is 0 Å². The Balaban J connectivity index is 1.41. The van der Waals surface area contributed by atoms with Gasteiger partial charge in [-0.1, -0.05) is 35.6 Å². The minimum Gasteiger partial charge on any atom is -0.494 e. The average Bonchev–Trinajstić information content (AvgIpc) is 3.14. The van der Waals surface area contributed by atoms with Crippen LogP contribution < -0.4 is 15.0 Å². The molecular formula is C20H22N4O2S. The van der Waals surface area contributed by atoms with Crippen molar-refractivity contribution < 1.29 is 9.53 Å². The molecule has 3 aromatic rings. The molecule has 1 saturated heterocycles. The fraction of sp³-hybridized carbons (Fsp3) is 0.300. The van der Waals surface area contributed by atoms with Crippen LogP contribution in [0.5, 0.6) is 5.75 Å². The van der Waals surface area contributed by atoms with Crippen LogP contribution in [0, 0.1) is 6.92 Å². The molecule has 0 spiro atoms. The summed E-state index contributed by atoms with van der Waals surface area (Å²) in [5.41, 5.74) is 2.83. The van der Waals surface area contributed by atoms with E-state index < -0.39 is 0 Å². The summed E-state index contributed by atoms with van der Waals surface area (Å²) >= 11 is 1.66. The molecule has 7 heteroatoms. The van der Waals surface area contributed by atoms with Crippen LogP contribution in [-0.2, 0) is 0 Å². The maximum absolute atomic E-state index is 12.6. The van der Waals surface area contributed by atoms with E-state index in [1.54, 1.807) is 18.4 Å². The first-order valence-corrected chi connectivity index (χ1v) is 9.77. The van der Waals surface area contributed by atoms with Gasteiger partial charge in [0.15, 0.2) is 5.13 Å². The van der Waals surface area contributed by atoms with Crippen LogP contribution in [0.25, 0.3) is 10.2 Å². The topological polar surface area (TPSA) is 57.7 Å². The molecule has 0 atom stereocenters. The first-order chi connectivity index (χ1) is 13.2. The van der Waals surface area contributed by atoms with Crippen LogP contribution >= 0.6 is 11.3 Å². The maximum Gasteiger partial charge on any atom is 0.321 e. The maximum atomic E-state index is 12.6. The first kappa shape index (κ1) is 17.6. The van der Waals surface area contributed by atoms with Gasteiger partial charge in [0, 0.05) is 31.9 Å². The lowest BCUT2D eigenvalue weighted by Gasteiger charge is -2.34. The lowest BCUT2D eigenvalue weighted by Crippen LogP contribution is -2.50. The number of methoxy groups -OCH3 is 1. The normalized spacial score (nSPS) is 14.4. The van der Waals surface area contributed by atoms with Gasteiger partial charge >= 0.3 is 6.03 Å². The average molecular weight is 382 g/mol. The Morgan fingerprint density at radius 3 is 2.63 bits per heavy atom. The Morgan fingerprint density at radius 2 is 1.89 bits per heavy atom. The van der Waals surface area contributed by atoms with Gasteiger partial charge in [-0.05, 0) is 30.7 Å². The number of carbonyl (C=O) groups excluding carboxylic acids is 1. The number of rotatable bonds is 3. The monoisotopic (exact) mass is 382 g/mol. The molecule has 2 amide bonds. The molecule has 0 saturated carbocycles. The fourth-order valence-electron chi connectivity index (χ4n) is 3.22. The predicted octanol–water partition coefficient (Wildman–Crippen LogP) is 3.97. The van der Waals surface area contributed by atoms with Crippen LogP contribution in [0.3, 0.4) is 0 Å². The van der Waals surface area contributed by atoms with E-state index in [9.17, 15) is 4.79 Å². The minimum atomic E-state index is -0.0464. The van der Waals surface area contributed by atoms with Crippen molar-refractivity contribution in [1.29, 1.82) is 0 Å². The summed E-state index contributed by atoms with van der Waals surface area (Å²) in [6.45, 7) is 4.87. The molecule has 2 aromatic carbocycles. The van der Waals surface area contributed by atoms with Crippen LogP contribution in [0.2, 0.25) is 0 Å². The van der Waals surface area contributed by atoms with E-state index in [0.717, 1.165) is 45.4 Å². The zero-order chi connectivity index (χ0) is 18.8. The van der Waals surface area contributed by atoms with E-state index in [4.69, 9.17) is 9.72 Å². The number of hydrogen-bond donors (Lipinski definition) is 1. The first-order valence-electron chi connectivity index (χ1n) is 8.96. The van der Waals surface area contributed by atoms with Gasteiger partial charge in [0.25, 0.3) is 0 Å². The molecular weight excluding hydrogens is 360 g/mol. The quantitative estimate of drug-likeness (QED) is 0.745. The van der Waals surface area contributed by atoms with Crippen molar-refractivity contribution in [3.8, 4) is 5.75 Å². The number of ether oxygens (including phenoxy) is 1. The third-order valence-corrected chi connectivity index (χ3v) is 5.90. The Kier molecular flexibility index (Phi) is 4.85. The lowest BCUT2D eigenvalue weighted by molar-refractivity contribution is 0.208. The molecule has 27 heavy (non-hydrogen) atoms. The second kappa shape index (κ2) is 7.44. The Bertz CT molecular complexity index is 964. The number of urea groups is 1. The molecule has 4 rings (SSSR count). The number of nitrogens with one attached hydrogen (secondary N) is 1. The van der Waals surface area contributed by atoms with Crippen LogP contribution in [0.15, 0.2) is 42.5 Å². The molecule has 1 fully saturated rings. The highest BCUT2D eigenvalue weighted by Gasteiger charge is 2.23. The summed E-state index contributed by atoms with van der Waals surface area (Å²) < 4.78 is 6.52. The highest BCUT2D eigenvalue weighted by atomic mass is 32.1. The highest BCUT2D eigenvalue weighted by Crippen LogP contribution is 2.34. The van der Waals surface area contributed by atoms with Crippen molar-refractivity contribution in [2.45, 2.75) is 6.92 Å². The number of piperazine rings is 1. The highest BCUT2D eigenvalue weighted by molar-refractivity contribution is 7.22. The molecule has 1 aliphatic heterocycles. The standard InChI is InChI=1S/C20H22N4O2S/c1-14-6-3-4-7-15(14)21-19(25)23-10-12-24(13-11-23)20-22-18-16(26-2)8-5-9-17(18)27-20/h3-9H,10-13H2,1-2H3,(H,21,25). The summed E-state index contributed by atoms with van der Waals surface area (Å²) in [5, 5.41) is 3.99. The molecule has 0 aliphatic carbocycles. The zero-order valence-electron chi connectivity index (χ0n) is 15.4. The smallest absolute Gasteiger partial charge is 0.321 e. The van der Waals surface area contributed by atoms with E-state index in [1.807, 2.05) is 48.2 Å². The van der Waals surface area contributed by atoms with Gasteiger partial charge < -0.3 is 19.9 Å². The van der Waals surface area contributed by atoms with Crippen molar-refractivity contribution >= 4 is 38.4 Å². The number of nitrogens with zero attached hydrogens (tertiary/aromatic N) is 3. The van der Waals surface area contributed by atoms with E-state index >= 15 is 0 Å². The van der Waals surface area contributed by atoms with Gasteiger partial charge in [0.05, 0.1) is 11.8 Å². The third-order valence-electron chi connectivity index (χ3n) is 4.81. The number of aryl methyl sites for hydroxylation is 1. The Labute approximate surface area is 162 Å². The lowest BCUT2D eigenvalue weighted by atomic mass is 10.2. The number of fused-ring (bicyclic) bond motifs is 1. The number of amides is 2. The number of aromatic nitrogens is 1. The molecule has 140 valence electrons. The van der Waals surface area contributed by atoms with Gasteiger partial charge in [-0.2, -0.15) is 0 Å². The molecule has 2 heterocycles. The SMILES string of the molecule is COc1cccc2sc(N3CCN(C(=O)Nc4ccccc4C)CC3)nc12. The number of hydrogen-bond acceptors (Lipinski definition) is 5. The zero-order valence-corrected chi connectivity index (χ0v) is 16.3. The van der Waals surface area contributed by atoms with Gasteiger partial charge in [-0.3, -0.25) is 0 Å². The molecule has 0 radical (unpaired) electrons. The largest absolute Gasteiger partial charge is 0.494 e. The molecule has 0 bridgehead atoms. The van der Waals surface area contributed by atoms with Crippen molar-refractivity contribution in [2.75, 3.05) is 43.5 Å².